The molecule has 24 heavy (non-hydrogen) atoms. The van der Waals surface area contributed by atoms with Gasteiger partial charge in [-0.25, -0.2) is 0 Å². The maximum Gasteiger partial charge on any atom is 0.126 e. The highest BCUT2D eigenvalue weighted by molar-refractivity contribution is 7.97. The summed E-state index contributed by atoms with van der Waals surface area (Å²) in [7, 11) is -2.32. The molecule has 2 nitrogen and oxygen atoms in total. The molecule has 0 saturated heterocycles. The second-order valence-electron chi connectivity index (χ2n) is 4.23. The van der Waals surface area contributed by atoms with Crippen molar-refractivity contribution in [3.05, 3.63) is 75.9 Å². The molecule has 0 amide bonds. The molecule has 0 radical (unpaired) electrons. The van der Waals surface area contributed by atoms with Gasteiger partial charge in [0.05, 0.1) is 0 Å². The van der Waals surface area contributed by atoms with Crippen LogP contribution < -0.4 is 10.0 Å². The van der Waals surface area contributed by atoms with E-state index in [1.165, 1.54) is 0 Å². The Hall–Kier alpha value is -0.945. The fraction of sp³-hybridized carbons (Fsp3) is 0.333. The van der Waals surface area contributed by atoms with Gasteiger partial charge in [0.15, 0.2) is 0 Å². The molecule has 0 aliphatic rings. The fourth-order valence-corrected chi connectivity index (χ4v) is 4.22. The minimum absolute atomic E-state index is 0.421. The van der Waals surface area contributed by atoms with Gasteiger partial charge in [0.1, 0.15) is 41.9 Å². The third-order valence-corrected chi connectivity index (χ3v) is 6.36. The first kappa shape index (κ1) is 27.9. The van der Waals surface area contributed by atoms with Crippen LogP contribution in [-0.2, 0) is 21.8 Å². The SMILES string of the molecule is C=CC[S+](CC=C)CC=C.C=CC[S+](CC=C)CC=C.[O-]B([O-])F. The van der Waals surface area contributed by atoms with Gasteiger partial charge in [-0.3, -0.25) is 0 Å². The Bertz CT molecular complexity index is 270. The molecular weight excluding hydrogens is 342 g/mol. The van der Waals surface area contributed by atoms with Crippen molar-refractivity contribution >= 4 is 29.2 Å². The zero-order valence-electron chi connectivity index (χ0n) is 14.5. The van der Waals surface area contributed by atoms with Crippen LogP contribution in [-0.4, -0.2) is 41.9 Å². The number of hydrogen-bond donors (Lipinski definition) is 0. The van der Waals surface area contributed by atoms with Crippen molar-refractivity contribution in [2.75, 3.05) is 34.5 Å². The topological polar surface area (TPSA) is 46.1 Å². The Kier molecular flexibility index (Phi) is 28.2. The van der Waals surface area contributed by atoms with Gasteiger partial charge >= 0.3 is 0 Å². The summed E-state index contributed by atoms with van der Waals surface area (Å²) in [6.07, 6.45) is 11.8. The Balaban J connectivity index is -0.000000301. The molecule has 0 bridgehead atoms. The standard InChI is InChI=1S/2C9H15S.BFO2/c2*1-4-7-10(8-5-2)9-6-3;2-1(3)4/h2*4-6H,1-3,7-9H2;/q2*+1;-2. The summed E-state index contributed by atoms with van der Waals surface area (Å²) in [6, 6.07) is 0. The van der Waals surface area contributed by atoms with E-state index in [1.807, 2.05) is 36.5 Å². The van der Waals surface area contributed by atoms with Crippen LogP contribution in [0.3, 0.4) is 0 Å². The van der Waals surface area contributed by atoms with Crippen molar-refractivity contribution in [3.63, 3.8) is 0 Å². The van der Waals surface area contributed by atoms with Crippen LogP contribution in [0, 0.1) is 0 Å². The summed E-state index contributed by atoms with van der Waals surface area (Å²) in [4.78, 5) is 0. The van der Waals surface area contributed by atoms with E-state index < -0.39 is 7.40 Å². The summed E-state index contributed by atoms with van der Waals surface area (Å²) in [5.41, 5.74) is 0. The maximum absolute atomic E-state index is 9.89. The van der Waals surface area contributed by atoms with Crippen molar-refractivity contribution < 1.29 is 14.4 Å². The third-order valence-electron chi connectivity index (χ3n) is 2.12. The first-order valence-corrected chi connectivity index (χ1v) is 10.8. The molecule has 0 aliphatic heterocycles. The average Bonchev–Trinajstić information content (AvgIpc) is 2.49. The number of hydrogen-bond acceptors (Lipinski definition) is 2. The molecule has 0 fully saturated rings. The minimum atomic E-state index is -3.17. The van der Waals surface area contributed by atoms with E-state index in [4.69, 9.17) is 10.0 Å². The molecule has 0 N–H and O–H groups in total. The van der Waals surface area contributed by atoms with Gasteiger partial charge in [0.2, 0.25) is 0 Å². The van der Waals surface area contributed by atoms with Crippen molar-refractivity contribution in [2.24, 2.45) is 0 Å². The predicted molar refractivity (Wildman–Crippen MR) is 112 cm³/mol. The van der Waals surface area contributed by atoms with Crippen LogP contribution in [0.1, 0.15) is 0 Å². The first-order valence-electron chi connectivity index (χ1n) is 7.32. The van der Waals surface area contributed by atoms with Gasteiger partial charge in [-0.1, -0.05) is 39.5 Å². The van der Waals surface area contributed by atoms with Crippen LogP contribution in [0.5, 0.6) is 0 Å². The molecule has 0 rings (SSSR count). The van der Waals surface area contributed by atoms with Crippen LogP contribution >= 0.6 is 0 Å². The van der Waals surface area contributed by atoms with Gasteiger partial charge < -0.3 is 14.4 Å². The van der Waals surface area contributed by atoms with Crippen molar-refractivity contribution in [3.8, 4) is 0 Å². The molecule has 0 aromatic heterocycles. The second kappa shape index (κ2) is 24.3. The highest BCUT2D eigenvalue weighted by Crippen LogP contribution is 1.98. The summed E-state index contributed by atoms with van der Waals surface area (Å²) < 4.78 is 9.89. The monoisotopic (exact) mass is 372 g/mol. The molecule has 0 heterocycles. The van der Waals surface area contributed by atoms with E-state index in [-0.39, 0.29) is 0 Å². The van der Waals surface area contributed by atoms with Crippen LogP contribution in [0.25, 0.3) is 0 Å². The van der Waals surface area contributed by atoms with Crippen molar-refractivity contribution in [1.82, 2.24) is 0 Å². The summed E-state index contributed by atoms with van der Waals surface area (Å²) in [6.45, 7) is 22.2. The van der Waals surface area contributed by atoms with Crippen LogP contribution in [0.4, 0.5) is 4.32 Å². The smallest absolute Gasteiger partial charge is 0.126 e. The molecule has 0 aromatic carbocycles. The lowest BCUT2D eigenvalue weighted by Gasteiger charge is -2.09. The van der Waals surface area contributed by atoms with E-state index in [1.54, 1.807) is 0 Å². The van der Waals surface area contributed by atoms with E-state index in [0.29, 0.717) is 21.8 Å². The number of halogens is 1. The molecule has 0 spiro atoms. The Morgan fingerprint density at radius 3 is 0.792 bits per heavy atom. The van der Waals surface area contributed by atoms with Gasteiger partial charge in [0.25, 0.3) is 0 Å². The van der Waals surface area contributed by atoms with E-state index in [2.05, 4.69) is 39.5 Å². The van der Waals surface area contributed by atoms with Gasteiger partial charge in [-0.05, 0) is 58.2 Å². The molecular formula is C18H30BFO2S2. The highest BCUT2D eigenvalue weighted by atomic mass is 32.2. The molecule has 0 atom stereocenters. The quantitative estimate of drug-likeness (QED) is 0.299. The molecule has 6 heteroatoms. The van der Waals surface area contributed by atoms with Gasteiger partial charge in [-0.15, -0.1) is 0 Å². The molecule has 0 saturated carbocycles. The zero-order chi connectivity index (χ0) is 19.2. The summed E-state index contributed by atoms with van der Waals surface area (Å²) in [5, 5.41) is 16.6. The summed E-state index contributed by atoms with van der Waals surface area (Å²) >= 11 is 0. The lowest BCUT2D eigenvalue weighted by Crippen LogP contribution is -2.39. The van der Waals surface area contributed by atoms with E-state index in [9.17, 15) is 4.32 Å². The maximum atomic E-state index is 9.89. The normalized spacial score (nSPS) is 8.88. The van der Waals surface area contributed by atoms with Gasteiger partial charge in [-0.2, -0.15) is 0 Å². The predicted octanol–water partition coefficient (Wildman–Crippen LogP) is 1.99. The Morgan fingerprint density at radius 2 is 0.708 bits per heavy atom. The molecule has 0 aromatic rings. The summed E-state index contributed by atoms with van der Waals surface area (Å²) in [5.74, 6) is 6.57. The van der Waals surface area contributed by atoms with E-state index in [0.717, 1.165) is 34.5 Å². The average molecular weight is 372 g/mol. The fourth-order valence-electron chi connectivity index (χ4n) is 1.41. The van der Waals surface area contributed by atoms with Crippen LogP contribution in [0.15, 0.2) is 75.9 Å². The molecule has 0 aliphatic carbocycles. The van der Waals surface area contributed by atoms with Crippen molar-refractivity contribution in [1.29, 1.82) is 0 Å². The third kappa shape index (κ3) is 29.1. The van der Waals surface area contributed by atoms with Crippen LogP contribution in [0.2, 0.25) is 0 Å². The lowest BCUT2D eigenvalue weighted by molar-refractivity contribution is -0.366. The van der Waals surface area contributed by atoms with Crippen molar-refractivity contribution in [2.45, 2.75) is 0 Å². The Labute approximate surface area is 154 Å². The minimum Gasteiger partial charge on any atom is -0.867 e. The van der Waals surface area contributed by atoms with E-state index >= 15 is 0 Å². The molecule has 136 valence electrons. The van der Waals surface area contributed by atoms with Gasteiger partial charge in [0, 0.05) is 0 Å². The highest BCUT2D eigenvalue weighted by Gasteiger charge is 2.10. The largest absolute Gasteiger partial charge is 0.867 e. The lowest BCUT2D eigenvalue weighted by atomic mass is 10.3. The first-order chi connectivity index (χ1) is 11.4. The molecule has 0 unspecified atom stereocenters. The number of rotatable bonds is 12. The second-order valence-corrected chi connectivity index (χ2v) is 8.68. The zero-order valence-corrected chi connectivity index (χ0v) is 16.2. The Morgan fingerprint density at radius 1 is 0.583 bits per heavy atom.